The summed E-state index contributed by atoms with van der Waals surface area (Å²) < 4.78 is 2.09. The zero-order valence-corrected chi connectivity index (χ0v) is 14.1. The van der Waals surface area contributed by atoms with Crippen molar-refractivity contribution in [3.8, 4) is 0 Å². The van der Waals surface area contributed by atoms with Crippen molar-refractivity contribution in [3.05, 3.63) is 39.8 Å². The molecule has 0 N–H and O–H groups in total. The van der Waals surface area contributed by atoms with Crippen LogP contribution in [0.25, 0.3) is 0 Å². The summed E-state index contributed by atoms with van der Waals surface area (Å²) >= 11 is 1.67. The predicted octanol–water partition coefficient (Wildman–Crippen LogP) is 2.08. The predicted molar refractivity (Wildman–Crippen MR) is 88.0 cm³/mol. The molecule has 1 aliphatic rings. The Kier molecular flexibility index (Phi) is 4.31. The Morgan fingerprint density at radius 2 is 2.23 bits per heavy atom. The van der Waals surface area contributed by atoms with Crippen LogP contribution in [-0.4, -0.2) is 52.2 Å². The monoisotopic (exact) mass is 318 g/mol. The molecule has 22 heavy (non-hydrogen) atoms. The number of rotatable bonds is 5. The van der Waals surface area contributed by atoms with Crippen LogP contribution in [0.2, 0.25) is 0 Å². The van der Waals surface area contributed by atoms with Crippen LogP contribution in [0.5, 0.6) is 0 Å². The second kappa shape index (κ2) is 6.22. The fraction of sp³-hybridized carbons (Fsp3) is 0.500. The standard InChI is InChI=1S/C16H22N4OS/c1-12-6-13(2)20(17-12)15-8-19(9-15)10-16(21)18(3)7-14-4-5-22-11-14/h4-6,11,15H,7-10H2,1-3H3. The van der Waals surface area contributed by atoms with Crippen LogP contribution >= 0.6 is 11.3 Å². The van der Waals surface area contributed by atoms with Crippen molar-refractivity contribution in [1.29, 1.82) is 0 Å². The van der Waals surface area contributed by atoms with Gasteiger partial charge in [-0.2, -0.15) is 16.4 Å². The first-order chi connectivity index (χ1) is 10.5. The summed E-state index contributed by atoms with van der Waals surface area (Å²) in [5, 5.41) is 8.66. The molecule has 118 valence electrons. The van der Waals surface area contributed by atoms with Gasteiger partial charge in [-0.1, -0.05) is 0 Å². The lowest BCUT2D eigenvalue weighted by molar-refractivity contribution is -0.133. The van der Waals surface area contributed by atoms with Gasteiger partial charge < -0.3 is 4.90 Å². The second-order valence-electron chi connectivity index (χ2n) is 6.10. The van der Waals surface area contributed by atoms with Crippen molar-refractivity contribution in [2.75, 3.05) is 26.7 Å². The second-order valence-corrected chi connectivity index (χ2v) is 6.88. The van der Waals surface area contributed by atoms with Gasteiger partial charge in [0.2, 0.25) is 5.91 Å². The summed E-state index contributed by atoms with van der Waals surface area (Å²) in [5.74, 6) is 0.179. The smallest absolute Gasteiger partial charge is 0.236 e. The molecule has 2 aromatic heterocycles. The fourth-order valence-electron chi connectivity index (χ4n) is 2.90. The molecule has 2 aromatic rings. The maximum absolute atomic E-state index is 12.3. The number of amides is 1. The Balaban J connectivity index is 1.47. The topological polar surface area (TPSA) is 41.4 Å². The Bertz CT molecular complexity index is 643. The van der Waals surface area contributed by atoms with E-state index in [9.17, 15) is 4.79 Å². The number of aryl methyl sites for hydroxylation is 2. The molecule has 0 spiro atoms. The summed E-state index contributed by atoms with van der Waals surface area (Å²) in [6.07, 6.45) is 0. The highest BCUT2D eigenvalue weighted by atomic mass is 32.1. The van der Waals surface area contributed by atoms with Gasteiger partial charge in [0, 0.05) is 32.4 Å². The summed E-state index contributed by atoms with van der Waals surface area (Å²) in [6, 6.07) is 4.57. The van der Waals surface area contributed by atoms with Crippen molar-refractivity contribution < 1.29 is 4.79 Å². The van der Waals surface area contributed by atoms with E-state index in [0.29, 0.717) is 19.1 Å². The minimum Gasteiger partial charge on any atom is -0.340 e. The van der Waals surface area contributed by atoms with Crippen LogP contribution in [-0.2, 0) is 11.3 Å². The number of carbonyl (C=O) groups excluding carboxylic acids is 1. The maximum atomic E-state index is 12.3. The highest BCUT2D eigenvalue weighted by Crippen LogP contribution is 2.22. The van der Waals surface area contributed by atoms with Crippen LogP contribution in [0, 0.1) is 13.8 Å². The molecule has 0 aliphatic carbocycles. The average molecular weight is 318 g/mol. The first-order valence-electron chi connectivity index (χ1n) is 7.53. The van der Waals surface area contributed by atoms with Crippen molar-refractivity contribution in [1.82, 2.24) is 19.6 Å². The van der Waals surface area contributed by atoms with E-state index < -0.39 is 0 Å². The maximum Gasteiger partial charge on any atom is 0.236 e. The van der Waals surface area contributed by atoms with E-state index in [1.807, 2.05) is 19.4 Å². The number of likely N-dealkylation sites (N-methyl/N-ethyl adjacent to an activating group) is 1. The Morgan fingerprint density at radius 1 is 1.45 bits per heavy atom. The number of aromatic nitrogens is 2. The summed E-state index contributed by atoms with van der Waals surface area (Å²) in [6.45, 7) is 7.10. The number of nitrogens with zero attached hydrogens (tertiary/aromatic N) is 4. The SMILES string of the molecule is Cc1cc(C)n(C2CN(CC(=O)N(C)Cc3ccsc3)C2)n1. The van der Waals surface area contributed by atoms with E-state index in [1.165, 1.54) is 11.3 Å². The van der Waals surface area contributed by atoms with Crippen molar-refractivity contribution in [3.63, 3.8) is 0 Å². The van der Waals surface area contributed by atoms with E-state index in [4.69, 9.17) is 0 Å². The lowest BCUT2D eigenvalue weighted by atomic mass is 10.1. The van der Waals surface area contributed by atoms with E-state index in [2.05, 4.69) is 39.1 Å². The normalized spacial score (nSPS) is 15.8. The van der Waals surface area contributed by atoms with Gasteiger partial charge in [-0.15, -0.1) is 0 Å². The molecule has 3 rings (SSSR count). The third kappa shape index (κ3) is 3.23. The van der Waals surface area contributed by atoms with E-state index in [-0.39, 0.29) is 5.91 Å². The summed E-state index contributed by atoms with van der Waals surface area (Å²) in [4.78, 5) is 16.2. The molecule has 0 atom stereocenters. The van der Waals surface area contributed by atoms with Crippen molar-refractivity contribution in [2.45, 2.75) is 26.4 Å². The number of likely N-dealkylation sites (tertiary alicyclic amines) is 1. The molecule has 0 unspecified atom stereocenters. The minimum atomic E-state index is 0.179. The highest BCUT2D eigenvalue weighted by Gasteiger charge is 2.31. The molecule has 1 saturated heterocycles. The molecule has 3 heterocycles. The Hall–Kier alpha value is -1.66. The van der Waals surface area contributed by atoms with Gasteiger partial charge in [-0.05, 0) is 42.3 Å². The number of thiophene rings is 1. The molecule has 0 bridgehead atoms. The van der Waals surface area contributed by atoms with Gasteiger partial charge in [-0.25, -0.2) is 0 Å². The molecule has 0 aromatic carbocycles. The number of hydrogen-bond donors (Lipinski definition) is 0. The molecule has 0 radical (unpaired) electrons. The fourth-order valence-corrected chi connectivity index (χ4v) is 3.56. The lowest BCUT2D eigenvalue weighted by Crippen LogP contribution is -2.52. The van der Waals surface area contributed by atoms with Crippen LogP contribution in [0.3, 0.4) is 0 Å². The van der Waals surface area contributed by atoms with Gasteiger partial charge in [0.05, 0.1) is 18.3 Å². The van der Waals surface area contributed by atoms with Crippen molar-refractivity contribution >= 4 is 17.2 Å². The van der Waals surface area contributed by atoms with Crippen molar-refractivity contribution in [2.24, 2.45) is 0 Å². The van der Waals surface area contributed by atoms with E-state index in [0.717, 1.165) is 18.8 Å². The first kappa shape index (κ1) is 15.2. The van der Waals surface area contributed by atoms with Gasteiger partial charge >= 0.3 is 0 Å². The quantitative estimate of drug-likeness (QED) is 0.847. The van der Waals surface area contributed by atoms with Gasteiger partial charge in [0.1, 0.15) is 0 Å². The minimum absolute atomic E-state index is 0.179. The third-order valence-electron chi connectivity index (χ3n) is 4.11. The zero-order chi connectivity index (χ0) is 15.7. The Labute approximate surface area is 135 Å². The van der Waals surface area contributed by atoms with Crippen LogP contribution in [0.1, 0.15) is 23.0 Å². The van der Waals surface area contributed by atoms with Gasteiger partial charge in [0.15, 0.2) is 0 Å². The molecule has 1 fully saturated rings. The van der Waals surface area contributed by atoms with Gasteiger partial charge in [-0.3, -0.25) is 14.4 Å². The van der Waals surface area contributed by atoms with Crippen LogP contribution in [0.15, 0.2) is 22.9 Å². The first-order valence-corrected chi connectivity index (χ1v) is 8.47. The Morgan fingerprint density at radius 3 is 2.82 bits per heavy atom. The van der Waals surface area contributed by atoms with Crippen LogP contribution < -0.4 is 0 Å². The molecule has 6 heteroatoms. The van der Waals surface area contributed by atoms with E-state index in [1.54, 1.807) is 16.2 Å². The number of hydrogen-bond acceptors (Lipinski definition) is 4. The van der Waals surface area contributed by atoms with Crippen LogP contribution in [0.4, 0.5) is 0 Å². The number of carbonyl (C=O) groups is 1. The highest BCUT2D eigenvalue weighted by molar-refractivity contribution is 7.07. The average Bonchev–Trinajstić information content (AvgIpc) is 3.03. The largest absolute Gasteiger partial charge is 0.340 e. The molecule has 1 amide bonds. The molecule has 0 saturated carbocycles. The van der Waals surface area contributed by atoms with E-state index >= 15 is 0 Å². The summed E-state index contributed by atoms with van der Waals surface area (Å²) in [7, 11) is 1.87. The molecular weight excluding hydrogens is 296 g/mol. The zero-order valence-electron chi connectivity index (χ0n) is 13.3. The lowest BCUT2D eigenvalue weighted by Gasteiger charge is -2.39. The van der Waals surface area contributed by atoms with Gasteiger partial charge in [0.25, 0.3) is 0 Å². The molecular formula is C16H22N4OS. The molecule has 1 aliphatic heterocycles. The third-order valence-corrected chi connectivity index (χ3v) is 4.84. The molecule has 5 nitrogen and oxygen atoms in total. The summed E-state index contributed by atoms with van der Waals surface area (Å²) in [5.41, 5.74) is 3.45.